The molecule has 2 rings (SSSR count). The lowest BCUT2D eigenvalue weighted by Crippen LogP contribution is -2.47. The van der Waals surface area contributed by atoms with Crippen LogP contribution in [0.4, 0.5) is 0 Å². The topological polar surface area (TPSA) is 41.6 Å². The summed E-state index contributed by atoms with van der Waals surface area (Å²) in [6.45, 7) is 6.21. The third kappa shape index (κ3) is 2.89. The Balaban J connectivity index is 2.31. The van der Waals surface area contributed by atoms with E-state index in [2.05, 4.69) is 24.4 Å². The molecule has 0 bridgehead atoms. The molecule has 0 aliphatic carbocycles. The predicted molar refractivity (Wildman–Crippen MR) is 75.4 cm³/mol. The quantitative estimate of drug-likeness (QED) is 0.902. The van der Waals surface area contributed by atoms with Crippen LogP contribution >= 0.6 is 0 Å². The van der Waals surface area contributed by atoms with E-state index in [1.165, 1.54) is 11.1 Å². The van der Waals surface area contributed by atoms with Crippen molar-refractivity contribution in [3.8, 4) is 5.75 Å². The summed E-state index contributed by atoms with van der Waals surface area (Å²) in [5, 5.41) is 3.36. The molecule has 0 saturated carbocycles. The zero-order chi connectivity index (χ0) is 13.8. The molecule has 4 nitrogen and oxygen atoms in total. The summed E-state index contributed by atoms with van der Waals surface area (Å²) in [4.78, 5) is 13.7. The van der Waals surface area contributed by atoms with E-state index in [0.29, 0.717) is 0 Å². The highest BCUT2D eigenvalue weighted by atomic mass is 16.5. The third-order valence-electron chi connectivity index (χ3n) is 3.72. The molecule has 0 aromatic heterocycles. The SMILES string of the molecule is CCc1cc(C2CNCCN2C(C)=O)ccc1OC. The van der Waals surface area contributed by atoms with Crippen molar-refractivity contribution >= 4 is 5.91 Å². The normalized spacial score (nSPS) is 19.3. The zero-order valence-electron chi connectivity index (χ0n) is 11.9. The second kappa shape index (κ2) is 6.06. The van der Waals surface area contributed by atoms with Gasteiger partial charge in [-0.2, -0.15) is 0 Å². The van der Waals surface area contributed by atoms with Gasteiger partial charge < -0.3 is 15.0 Å². The van der Waals surface area contributed by atoms with Crippen LogP contribution in [0.2, 0.25) is 0 Å². The number of carbonyl (C=O) groups excluding carboxylic acids is 1. The number of methoxy groups -OCH3 is 1. The van der Waals surface area contributed by atoms with Gasteiger partial charge in [-0.1, -0.05) is 19.1 Å². The fourth-order valence-electron chi connectivity index (χ4n) is 2.66. The Hall–Kier alpha value is -1.55. The highest BCUT2D eigenvalue weighted by Crippen LogP contribution is 2.27. The maximum absolute atomic E-state index is 11.7. The van der Waals surface area contributed by atoms with Gasteiger partial charge in [0.25, 0.3) is 0 Å². The molecule has 104 valence electrons. The van der Waals surface area contributed by atoms with Crippen LogP contribution < -0.4 is 10.1 Å². The number of ether oxygens (including phenoxy) is 1. The van der Waals surface area contributed by atoms with Gasteiger partial charge >= 0.3 is 0 Å². The van der Waals surface area contributed by atoms with Crippen LogP contribution in [0.5, 0.6) is 5.75 Å². The Labute approximate surface area is 114 Å². The second-order valence-electron chi connectivity index (χ2n) is 4.86. The number of piperazine rings is 1. The van der Waals surface area contributed by atoms with Gasteiger partial charge in [0.05, 0.1) is 13.2 Å². The van der Waals surface area contributed by atoms with E-state index in [-0.39, 0.29) is 11.9 Å². The number of aryl methyl sites for hydroxylation is 1. The van der Waals surface area contributed by atoms with Gasteiger partial charge in [0.2, 0.25) is 5.91 Å². The van der Waals surface area contributed by atoms with E-state index >= 15 is 0 Å². The number of hydrogen-bond donors (Lipinski definition) is 1. The maximum atomic E-state index is 11.7. The summed E-state index contributed by atoms with van der Waals surface area (Å²) < 4.78 is 5.36. The van der Waals surface area contributed by atoms with E-state index in [9.17, 15) is 4.79 Å². The largest absolute Gasteiger partial charge is 0.496 e. The standard InChI is InChI=1S/C15H22N2O2/c1-4-12-9-13(5-6-15(12)19-3)14-10-16-7-8-17(14)11(2)18/h5-6,9,14,16H,4,7-8,10H2,1-3H3. The Bertz CT molecular complexity index is 459. The lowest BCUT2D eigenvalue weighted by molar-refractivity contribution is -0.132. The van der Waals surface area contributed by atoms with Gasteiger partial charge in [0, 0.05) is 26.6 Å². The van der Waals surface area contributed by atoms with E-state index in [4.69, 9.17) is 4.74 Å². The molecule has 0 spiro atoms. The Morgan fingerprint density at radius 1 is 1.53 bits per heavy atom. The van der Waals surface area contributed by atoms with Gasteiger partial charge in [0.1, 0.15) is 5.75 Å². The molecular weight excluding hydrogens is 240 g/mol. The first kappa shape index (κ1) is 13.9. The molecule has 1 atom stereocenters. The monoisotopic (exact) mass is 262 g/mol. The van der Waals surface area contributed by atoms with E-state index in [1.807, 2.05) is 11.0 Å². The van der Waals surface area contributed by atoms with E-state index < -0.39 is 0 Å². The number of benzene rings is 1. The first-order valence-electron chi connectivity index (χ1n) is 6.82. The lowest BCUT2D eigenvalue weighted by atomic mass is 9.99. The average Bonchev–Trinajstić information content (AvgIpc) is 2.46. The van der Waals surface area contributed by atoms with Crippen molar-refractivity contribution in [1.82, 2.24) is 10.2 Å². The van der Waals surface area contributed by atoms with Gasteiger partial charge in [-0.25, -0.2) is 0 Å². The molecule has 1 amide bonds. The smallest absolute Gasteiger partial charge is 0.220 e. The number of rotatable bonds is 3. The van der Waals surface area contributed by atoms with E-state index in [0.717, 1.165) is 31.8 Å². The molecule has 1 N–H and O–H groups in total. The van der Waals surface area contributed by atoms with Gasteiger partial charge in [-0.05, 0) is 23.6 Å². The van der Waals surface area contributed by atoms with Crippen LogP contribution in [0.25, 0.3) is 0 Å². The van der Waals surface area contributed by atoms with E-state index in [1.54, 1.807) is 14.0 Å². The molecule has 1 fully saturated rings. The molecule has 1 unspecified atom stereocenters. The summed E-state index contributed by atoms with van der Waals surface area (Å²) in [5.74, 6) is 1.06. The fourth-order valence-corrected chi connectivity index (χ4v) is 2.66. The summed E-state index contributed by atoms with van der Waals surface area (Å²) in [7, 11) is 1.69. The number of nitrogens with zero attached hydrogens (tertiary/aromatic N) is 1. The summed E-state index contributed by atoms with van der Waals surface area (Å²) in [6, 6.07) is 6.35. The van der Waals surface area contributed by atoms with Gasteiger partial charge in [-0.15, -0.1) is 0 Å². The highest BCUT2D eigenvalue weighted by molar-refractivity contribution is 5.74. The Kier molecular flexibility index (Phi) is 4.43. The molecule has 19 heavy (non-hydrogen) atoms. The Morgan fingerprint density at radius 2 is 2.32 bits per heavy atom. The fraction of sp³-hybridized carbons (Fsp3) is 0.533. The molecule has 1 heterocycles. The van der Waals surface area contributed by atoms with Crippen molar-refractivity contribution in [1.29, 1.82) is 0 Å². The van der Waals surface area contributed by atoms with Gasteiger partial charge in [-0.3, -0.25) is 4.79 Å². The first-order chi connectivity index (χ1) is 9.17. The minimum Gasteiger partial charge on any atom is -0.496 e. The van der Waals surface area contributed by atoms with Crippen LogP contribution in [-0.4, -0.2) is 37.6 Å². The van der Waals surface area contributed by atoms with Crippen molar-refractivity contribution in [3.63, 3.8) is 0 Å². The van der Waals surface area contributed by atoms with Crippen molar-refractivity contribution in [2.24, 2.45) is 0 Å². The number of nitrogens with one attached hydrogen (secondary N) is 1. The summed E-state index contributed by atoms with van der Waals surface area (Å²) in [6.07, 6.45) is 0.928. The molecule has 1 aromatic carbocycles. The number of amides is 1. The van der Waals surface area contributed by atoms with Crippen LogP contribution in [-0.2, 0) is 11.2 Å². The molecule has 1 saturated heterocycles. The van der Waals surface area contributed by atoms with Crippen LogP contribution in [0, 0.1) is 0 Å². The van der Waals surface area contributed by atoms with Crippen molar-refractivity contribution in [3.05, 3.63) is 29.3 Å². The molecule has 1 aromatic rings. The highest BCUT2D eigenvalue weighted by Gasteiger charge is 2.26. The van der Waals surface area contributed by atoms with Gasteiger partial charge in [0.15, 0.2) is 0 Å². The van der Waals surface area contributed by atoms with Crippen molar-refractivity contribution in [2.75, 3.05) is 26.7 Å². The van der Waals surface area contributed by atoms with Crippen molar-refractivity contribution < 1.29 is 9.53 Å². The molecule has 0 radical (unpaired) electrons. The maximum Gasteiger partial charge on any atom is 0.220 e. The number of carbonyl (C=O) groups is 1. The third-order valence-corrected chi connectivity index (χ3v) is 3.72. The summed E-state index contributed by atoms with van der Waals surface area (Å²) in [5.41, 5.74) is 2.37. The number of hydrogen-bond acceptors (Lipinski definition) is 3. The zero-order valence-corrected chi connectivity index (χ0v) is 11.9. The molecule has 1 aliphatic rings. The Morgan fingerprint density at radius 3 is 2.95 bits per heavy atom. The predicted octanol–water partition coefficient (Wildman–Crippen LogP) is 1.75. The molecular formula is C15H22N2O2. The van der Waals surface area contributed by atoms with Crippen molar-refractivity contribution in [2.45, 2.75) is 26.3 Å². The molecule has 4 heteroatoms. The minimum absolute atomic E-state index is 0.127. The average molecular weight is 262 g/mol. The van der Waals surface area contributed by atoms with Crippen LogP contribution in [0.15, 0.2) is 18.2 Å². The second-order valence-corrected chi connectivity index (χ2v) is 4.86. The van der Waals surface area contributed by atoms with Crippen LogP contribution in [0.3, 0.4) is 0 Å². The first-order valence-corrected chi connectivity index (χ1v) is 6.82. The lowest BCUT2D eigenvalue weighted by Gasteiger charge is -2.36. The van der Waals surface area contributed by atoms with Crippen LogP contribution in [0.1, 0.15) is 31.0 Å². The minimum atomic E-state index is 0.127. The summed E-state index contributed by atoms with van der Waals surface area (Å²) >= 11 is 0. The molecule has 1 aliphatic heterocycles.